The minimum Gasteiger partial charge on any atom is -0.495 e. The van der Waals surface area contributed by atoms with Gasteiger partial charge in [0.05, 0.1) is 18.1 Å². The van der Waals surface area contributed by atoms with E-state index < -0.39 is 5.60 Å². The van der Waals surface area contributed by atoms with Gasteiger partial charge in [0, 0.05) is 12.1 Å². The quantitative estimate of drug-likeness (QED) is 0.742. The molecule has 0 aromatic heterocycles. The second kappa shape index (κ2) is 7.86. The van der Waals surface area contributed by atoms with E-state index in [0.29, 0.717) is 19.0 Å². The molecule has 4 nitrogen and oxygen atoms in total. The molecule has 0 spiro atoms. The van der Waals surface area contributed by atoms with Gasteiger partial charge in [-0.25, -0.2) is 4.79 Å². The summed E-state index contributed by atoms with van der Waals surface area (Å²) in [5.74, 6) is 1.10. The van der Waals surface area contributed by atoms with Gasteiger partial charge < -0.3 is 14.4 Å². The van der Waals surface area contributed by atoms with Crippen molar-refractivity contribution in [2.75, 3.05) is 13.7 Å². The number of hydrogen-bond donors (Lipinski definition) is 0. The highest BCUT2D eigenvalue weighted by Gasteiger charge is 2.24. The van der Waals surface area contributed by atoms with Crippen molar-refractivity contribution in [3.8, 4) is 5.75 Å². The Bertz CT molecular complexity index is 509. The zero-order valence-corrected chi connectivity index (χ0v) is 15.9. The number of amides is 1. The van der Waals surface area contributed by atoms with Crippen LogP contribution in [0.15, 0.2) is 22.7 Å². The van der Waals surface area contributed by atoms with Crippen LogP contribution in [0.3, 0.4) is 0 Å². The lowest BCUT2D eigenvalue weighted by atomic mass is 10.1. The second-order valence-electron chi connectivity index (χ2n) is 6.69. The maximum Gasteiger partial charge on any atom is 0.410 e. The first kappa shape index (κ1) is 18.8. The maximum atomic E-state index is 12.4. The summed E-state index contributed by atoms with van der Waals surface area (Å²) < 4.78 is 11.8. The van der Waals surface area contributed by atoms with E-state index in [2.05, 4.69) is 29.8 Å². The predicted molar refractivity (Wildman–Crippen MR) is 92.2 cm³/mol. The van der Waals surface area contributed by atoms with Crippen molar-refractivity contribution in [2.24, 2.45) is 5.92 Å². The molecule has 1 rings (SSSR count). The first-order valence-electron chi connectivity index (χ1n) is 7.43. The predicted octanol–water partition coefficient (Wildman–Crippen LogP) is 4.85. The van der Waals surface area contributed by atoms with E-state index in [1.54, 1.807) is 12.0 Å². The summed E-state index contributed by atoms with van der Waals surface area (Å²) in [6, 6.07) is 5.81. The molecule has 0 saturated heterocycles. The Morgan fingerprint density at radius 2 is 1.95 bits per heavy atom. The lowest BCUT2D eigenvalue weighted by Crippen LogP contribution is -2.38. The number of para-hydroxylation sites is 1. The SMILES string of the molecule is COc1c(Br)cccc1CN(CC(C)C)C(=O)OC(C)(C)C. The molecule has 0 fully saturated rings. The van der Waals surface area contributed by atoms with E-state index in [-0.39, 0.29) is 6.09 Å². The number of carbonyl (C=O) groups is 1. The van der Waals surface area contributed by atoms with Crippen LogP contribution in [-0.2, 0) is 11.3 Å². The normalized spacial score (nSPS) is 11.5. The fraction of sp³-hybridized carbons (Fsp3) is 0.588. The van der Waals surface area contributed by atoms with Crippen LogP contribution in [0, 0.1) is 5.92 Å². The topological polar surface area (TPSA) is 38.8 Å². The van der Waals surface area contributed by atoms with Crippen molar-refractivity contribution in [3.63, 3.8) is 0 Å². The number of halogens is 1. The molecular weight excluding hydrogens is 346 g/mol. The zero-order valence-electron chi connectivity index (χ0n) is 14.3. The fourth-order valence-corrected chi connectivity index (χ4v) is 2.65. The summed E-state index contributed by atoms with van der Waals surface area (Å²) in [6.07, 6.45) is -0.303. The fourth-order valence-electron chi connectivity index (χ4n) is 2.08. The Morgan fingerprint density at radius 3 is 2.45 bits per heavy atom. The molecule has 22 heavy (non-hydrogen) atoms. The Balaban J connectivity index is 2.99. The Labute approximate surface area is 141 Å². The van der Waals surface area contributed by atoms with Crippen LogP contribution in [0.25, 0.3) is 0 Å². The molecule has 124 valence electrons. The molecule has 0 heterocycles. The van der Waals surface area contributed by atoms with Crippen LogP contribution in [0.1, 0.15) is 40.2 Å². The van der Waals surface area contributed by atoms with E-state index >= 15 is 0 Å². The molecule has 1 aromatic rings. The van der Waals surface area contributed by atoms with E-state index in [1.807, 2.05) is 39.0 Å². The number of nitrogens with zero attached hydrogens (tertiary/aromatic N) is 1. The van der Waals surface area contributed by atoms with Crippen LogP contribution < -0.4 is 4.74 Å². The minimum atomic E-state index is -0.506. The minimum absolute atomic E-state index is 0.303. The molecular formula is C17H26BrNO3. The van der Waals surface area contributed by atoms with E-state index in [1.165, 1.54) is 0 Å². The summed E-state index contributed by atoms with van der Waals surface area (Å²) in [6.45, 7) is 10.9. The van der Waals surface area contributed by atoms with Gasteiger partial charge in [0.25, 0.3) is 0 Å². The van der Waals surface area contributed by atoms with Crippen LogP contribution in [0.2, 0.25) is 0 Å². The molecule has 0 aliphatic heterocycles. The Hall–Kier alpha value is -1.23. The van der Waals surface area contributed by atoms with Crippen molar-refractivity contribution >= 4 is 22.0 Å². The molecule has 0 radical (unpaired) electrons. The van der Waals surface area contributed by atoms with Crippen LogP contribution in [-0.4, -0.2) is 30.2 Å². The number of carbonyl (C=O) groups excluding carboxylic acids is 1. The highest BCUT2D eigenvalue weighted by Crippen LogP contribution is 2.30. The standard InChI is InChI=1S/C17H26BrNO3/c1-12(2)10-19(16(20)22-17(3,4)5)11-13-8-7-9-14(18)15(13)21-6/h7-9,12H,10-11H2,1-6H3. The molecule has 0 atom stereocenters. The summed E-state index contributed by atoms with van der Waals surface area (Å²) >= 11 is 3.47. The van der Waals surface area contributed by atoms with Gasteiger partial charge in [-0.05, 0) is 48.7 Å². The van der Waals surface area contributed by atoms with Crippen molar-refractivity contribution in [3.05, 3.63) is 28.2 Å². The summed E-state index contributed by atoms with van der Waals surface area (Å²) in [7, 11) is 1.63. The third kappa shape index (κ3) is 5.87. The zero-order chi connectivity index (χ0) is 16.9. The highest BCUT2D eigenvalue weighted by molar-refractivity contribution is 9.10. The molecule has 1 aromatic carbocycles. The van der Waals surface area contributed by atoms with Crippen molar-refractivity contribution < 1.29 is 14.3 Å². The molecule has 5 heteroatoms. The Morgan fingerprint density at radius 1 is 1.32 bits per heavy atom. The van der Waals surface area contributed by atoms with Gasteiger partial charge in [-0.3, -0.25) is 0 Å². The molecule has 1 amide bonds. The van der Waals surface area contributed by atoms with Crippen molar-refractivity contribution in [1.82, 2.24) is 4.90 Å². The van der Waals surface area contributed by atoms with Crippen LogP contribution >= 0.6 is 15.9 Å². The monoisotopic (exact) mass is 371 g/mol. The van der Waals surface area contributed by atoms with E-state index in [0.717, 1.165) is 15.8 Å². The van der Waals surface area contributed by atoms with E-state index in [4.69, 9.17) is 9.47 Å². The van der Waals surface area contributed by atoms with Gasteiger partial charge >= 0.3 is 6.09 Å². The van der Waals surface area contributed by atoms with Crippen LogP contribution in [0.4, 0.5) is 4.79 Å². The number of rotatable bonds is 5. The van der Waals surface area contributed by atoms with Crippen molar-refractivity contribution in [1.29, 1.82) is 0 Å². The summed E-state index contributed by atoms with van der Waals surface area (Å²) in [4.78, 5) is 14.2. The number of ether oxygens (including phenoxy) is 2. The van der Waals surface area contributed by atoms with Gasteiger partial charge in [0.15, 0.2) is 0 Å². The maximum absolute atomic E-state index is 12.4. The third-order valence-corrected chi connectivity index (χ3v) is 3.48. The molecule has 0 aliphatic rings. The van der Waals surface area contributed by atoms with Gasteiger partial charge in [0.2, 0.25) is 0 Å². The van der Waals surface area contributed by atoms with Crippen molar-refractivity contribution in [2.45, 2.75) is 46.8 Å². The molecule has 0 unspecified atom stereocenters. The lowest BCUT2D eigenvalue weighted by Gasteiger charge is -2.29. The molecule has 0 bridgehead atoms. The van der Waals surface area contributed by atoms with Gasteiger partial charge in [-0.1, -0.05) is 26.0 Å². The molecule has 0 aliphatic carbocycles. The number of methoxy groups -OCH3 is 1. The lowest BCUT2D eigenvalue weighted by molar-refractivity contribution is 0.0210. The average Bonchev–Trinajstić information content (AvgIpc) is 2.35. The molecule has 0 N–H and O–H groups in total. The number of benzene rings is 1. The van der Waals surface area contributed by atoms with Gasteiger partial charge in [-0.15, -0.1) is 0 Å². The largest absolute Gasteiger partial charge is 0.495 e. The number of hydrogen-bond acceptors (Lipinski definition) is 3. The molecule has 0 saturated carbocycles. The first-order valence-corrected chi connectivity index (χ1v) is 8.22. The highest BCUT2D eigenvalue weighted by atomic mass is 79.9. The van der Waals surface area contributed by atoms with E-state index in [9.17, 15) is 4.79 Å². The second-order valence-corrected chi connectivity index (χ2v) is 7.54. The van der Waals surface area contributed by atoms with Gasteiger partial charge in [0.1, 0.15) is 11.4 Å². The Kier molecular flexibility index (Phi) is 6.72. The average molecular weight is 372 g/mol. The first-order chi connectivity index (χ1) is 10.1. The van der Waals surface area contributed by atoms with Crippen LogP contribution in [0.5, 0.6) is 5.75 Å². The van der Waals surface area contributed by atoms with Gasteiger partial charge in [-0.2, -0.15) is 0 Å². The third-order valence-electron chi connectivity index (χ3n) is 2.85. The summed E-state index contributed by atoms with van der Waals surface area (Å²) in [5, 5.41) is 0. The smallest absolute Gasteiger partial charge is 0.410 e. The summed E-state index contributed by atoms with van der Waals surface area (Å²) in [5.41, 5.74) is 0.441.